The summed E-state index contributed by atoms with van der Waals surface area (Å²) in [5, 5.41) is 18.8. The van der Waals surface area contributed by atoms with E-state index in [0.717, 1.165) is 31.5 Å². The zero-order chi connectivity index (χ0) is 22.1. The first-order chi connectivity index (χ1) is 14.3. The van der Waals surface area contributed by atoms with Crippen LogP contribution in [0.1, 0.15) is 51.0 Å². The molecule has 0 aliphatic carbocycles. The van der Waals surface area contributed by atoms with Gasteiger partial charge in [-0.1, -0.05) is 37.6 Å². The van der Waals surface area contributed by atoms with Crippen LogP contribution in [0, 0.1) is 11.8 Å². The van der Waals surface area contributed by atoms with Crippen LogP contribution < -0.4 is 16.0 Å². The average molecular weight is 438 g/mol. The Morgan fingerprint density at radius 3 is 2.37 bits per heavy atom. The zero-order valence-electron chi connectivity index (χ0n) is 17.6. The largest absolute Gasteiger partial charge is 0.480 e. The minimum Gasteiger partial charge on any atom is -0.480 e. The molecule has 1 fully saturated rings. The summed E-state index contributed by atoms with van der Waals surface area (Å²) in [4.78, 5) is 36.6. The molecule has 30 heavy (non-hydrogen) atoms. The van der Waals surface area contributed by atoms with E-state index in [9.17, 15) is 19.5 Å². The molecular weight excluding hydrogens is 406 g/mol. The van der Waals surface area contributed by atoms with E-state index in [2.05, 4.69) is 16.0 Å². The Labute approximate surface area is 182 Å². The van der Waals surface area contributed by atoms with Crippen molar-refractivity contribution in [3.8, 4) is 0 Å². The van der Waals surface area contributed by atoms with Gasteiger partial charge in [-0.05, 0) is 56.0 Å². The maximum atomic E-state index is 12.6. The summed E-state index contributed by atoms with van der Waals surface area (Å²) in [5.74, 6) is -1.55. The van der Waals surface area contributed by atoms with Gasteiger partial charge in [0.2, 0.25) is 11.8 Å². The van der Waals surface area contributed by atoms with Crippen molar-refractivity contribution < 1.29 is 19.5 Å². The maximum absolute atomic E-state index is 12.6. The van der Waals surface area contributed by atoms with Crippen molar-refractivity contribution in [3.05, 3.63) is 34.9 Å². The fourth-order valence-corrected chi connectivity index (χ4v) is 3.79. The highest BCUT2D eigenvalue weighted by Crippen LogP contribution is 2.22. The Balaban J connectivity index is 2.03. The van der Waals surface area contributed by atoms with Gasteiger partial charge in [0.25, 0.3) is 0 Å². The minimum absolute atomic E-state index is 0.000841. The summed E-state index contributed by atoms with van der Waals surface area (Å²) in [6.45, 7) is 5.78. The van der Waals surface area contributed by atoms with Gasteiger partial charge in [-0.3, -0.25) is 9.59 Å². The first-order valence-electron chi connectivity index (χ1n) is 10.5. The molecule has 0 saturated carbocycles. The number of carbonyl (C=O) groups is 3. The SMILES string of the molecule is CC(C)CC(NC(=O)CC(CNC(=O)C1CCNCC1)c1ccc(Cl)cc1)C(=O)O. The van der Waals surface area contributed by atoms with Crippen LogP contribution in [0.3, 0.4) is 0 Å². The van der Waals surface area contributed by atoms with Crippen molar-refractivity contribution in [1.29, 1.82) is 0 Å². The van der Waals surface area contributed by atoms with Gasteiger partial charge in [0.1, 0.15) is 6.04 Å². The first-order valence-corrected chi connectivity index (χ1v) is 10.9. The van der Waals surface area contributed by atoms with Crippen LogP contribution in [0.15, 0.2) is 24.3 Å². The first kappa shape index (κ1) is 24.2. The lowest BCUT2D eigenvalue weighted by Gasteiger charge is -2.24. The number of piperidine rings is 1. The number of carboxylic acids is 1. The van der Waals surface area contributed by atoms with E-state index >= 15 is 0 Å². The molecule has 0 aromatic heterocycles. The van der Waals surface area contributed by atoms with Crippen LogP contribution >= 0.6 is 11.6 Å². The summed E-state index contributed by atoms with van der Waals surface area (Å²) in [5.41, 5.74) is 0.871. The maximum Gasteiger partial charge on any atom is 0.326 e. The average Bonchev–Trinajstić information content (AvgIpc) is 2.71. The second-order valence-corrected chi connectivity index (χ2v) is 8.75. The second kappa shape index (κ2) is 11.9. The lowest BCUT2D eigenvalue weighted by molar-refractivity contribution is -0.142. The van der Waals surface area contributed by atoms with Crippen LogP contribution in [0.5, 0.6) is 0 Å². The lowest BCUT2D eigenvalue weighted by Crippen LogP contribution is -2.43. The molecule has 1 aromatic rings. The number of benzene rings is 1. The molecule has 1 aromatic carbocycles. The van der Waals surface area contributed by atoms with Crippen molar-refractivity contribution in [2.24, 2.45) is 11.8 Å². The molecule has 2 amide bonds. The van der Waals surface area contributed by atoms with E-state index in [-0.39, 0.29) is 36.0 Å². The number of amides is 2. The van der Waals surface area contributed by atoms with Crippen LogP contribution in [0.4, 0.5) is 0 Å². The molecule has 8 heteroatoms. The quantitative estimate of drug-likeness (QED) is 0.450. The topological polar surface area (TPSA) is 108 Å². The zero-order valence-corrected chi connectivity index (χ0v) is 18.4. The molecule has 2 atom stereocenters. The highest BCUT2D eigenvalue weighted by Gasteiger charge is 2.25. The van der Waals surface area contributed by atoms with Crippen LogP contribution in [0.25, 0.3) is 0 Å². The molecule has 2 rings (SSSR count). The molecular formula is C22H32ClN3O4. The number of carbonyl (C=O) groups excluding carboxylic acids is 2. The Bertz CT molecular complexity index is 718. The Morgan fingerprint density at radius 2 is 1.80 bits per heavy atom. The fraction of sp³-hybridized carbons (Fsp3) is 0.591. The predicted octanol–water partition coefficient (Wildman–Crippen LogP) is 2.54. The van der Waals surface area contributed by atoms with Crippen LogP contribution in [-0.4, -0.2) is 48.6 Å². The summed E-state index contributed by atoms with van der Waals surface area (Å²) >= 11 is 5.98. The van der Waals surface area contributed by atoms with Gasteiger partial charge in [-0.25, -0.2) is 4.79 Å². The van der Waals surface area contributed by atoms with Gasteiger partial charge in [0.15, 0.2) is 0 Å². The van der Waals surface area contributed by atoms with E-state index in [1.54, 1.807) is 12.1 Å². The van der Waals surface area contributed by atoms with Gasteiger partial charge in [0.05, 0.1) is 0 Å². The normalized spacial score (nSPS) is 16.7. The molecule has 1 heterocycles. The standard InChI is InChI=1S/C22H32ClN3O4/c1-14(2)11-19(22(29)30)26-20(27)12-17(15-3-5-18(23)6-4-15)13-25-21(28)16-7-9-24-10-8-16/h3-6,14,16-17,19,24H,7-13H2,1-2H3,(H,25,28)(H,26,27)(H,29,30). The van der Waals surface area contributed by atoms with E-state index in [4.69, 9.17) is 11.6 Å². The fourth-order valence-electron chi connectivity index (χ4n) is 3.66. The lowest BCUT2D eigenvalue weighted by atomic mass is 9.93. The summed E-state index contributed by atoms with van der Waals surface area (Å²) in [7, 11) is 0. The van der Waals surface area contributed by atoms with Crippen molar-refractivity contribution >= 4 is 29.4 Å². The third-order valence-corrected chi connectivity index (χ3v) is 5.60. The molecule has 0 spiro atoms. The van der Waals surface area contributed by atoms with Gasteiger partial charge in [-0.15, -0.1) is 0 Å². The molecule has 1 aliphatic rings. The third kappa shape index (κ3) is 7.95. The predicted molar refractivity (Wildman–Crippen MR) is 116 cm³/mol. The summed E-state index contributed by atoms with van der Waals surface area (Å²) in [6, 6.07) is 6.23. The van der Waals surface area contributed by atoms with Gasteiger partial charge >= 0.3 is 5.97 Å². The highest BCUT2D eigenvalue weighted by molar-refractivity contribution is 6.30. The van der Waals surface area contributed by atoms with Gasteiger partial charge in [0, 0.05) is 29.8 Å². The number of carboxylic acid groups (broad SMARTS) is 1. The minimum atomic E-state index is -1.04. The molecule has 1 aliphatic heterocycles. The second-order valence-electron chi connectivity index (χ2n) is 8.31. The van der Waals surface area contributed by atoms with E-state index in [1.165, 1.54) is 0 Å². The highest BCUT2D eigenvalue weighted by atomic mass is 35.5. The number of aliphatic carboxylic acids is 1. The van der Waals surface area contributed by atoms with Gasteiger partial charge in [-0.2, -0.15) is 0 Å². The van der Waals surface area contributed by atoms with Gasteiger partial charge < -0.3 is 21.1 Å². The number of rotatable bonds is 10. The van der Waals surface area contributed by atoms with Crippen LogP contribution in [-0.2, 0) is 14.4 Å². The van der Waals surface area contributed by atoms with E-state index in [0.29, 0.717) is 18.0 Å². The van der Waals surface area contributed by atoms with Crippen molar-refractivity contribution in [1.82, 2.24) is 16.0 Å². The van der Waals surface area contributed by atoms with E-state index < -0.39 is 12.0 Å². The van der Waals surface area contributed by atoms with Crippen molar-refractivity contribution in [2.45, 2.75) is 51.5 Å². The molecule has 2 unspecified atom stereocenters. The number of hydrogen-bond acceptors (Lipinski definition) is 4. The Morgan fingerprint density at radius 1 is 1.17 bits per heavy atom. The smallest absolute Gasteiger partial charge is 0.326 e. The van der Waals surface area contributed by atoms with Crippen molar-refractivity contribution in [2.75, 3.05) is 19.6 Å². The molecule has 166 valence electrons. The van der Waals surface area contributed by atoms with Crippen LogP contribution in [0.2, 0.25) is 5.02 Å². The Kier molecular flexibility index (Phi) is 9.59. The third-order valence-electron chi connectivity index (χ3n) is 5.35. The monoisotopic (exact) mass is 437 g/mol. The number of nitrogens with one attached hydrogen (secondary N) is 3. The Hall–Kier alpha value is -2.12. The summed E-state index contributed by atoms with van der Waals surface area (Å²) in [6.07, 6.45) is 2.04. The molecule has 1 saturated heterocycles. The van der Waals surface area contributed by atoms with Crippen molar-refractivity contribution in [3.63, 3.8) is 0 Å². The number of hydrogen-bond donors (Lipinski definition) is 4. The van der Waals surface area contributed by atoms with E-state index in [1.807, 2.05) is 26.0 Å². The summed E-state index contributed by atoms with van der Waals surface area (Å²) < 4.78 is 0. The molecule has 0 bridgehead atoms. The molecule has 7 nitrogen and oxygen atoms in total. The number of halogens is 1. The molecule has 0 radical (unpaired) electrons. The molecule has 4 N–H and O–H groups in total.